The molecule has 22 heavy (non-hydrogen) atoms. The van der Waals surface area contributed by atoms with Crippen LogP contribution in [0.2, 0.25) is 0 Å². The van der Waals surface area contributed by atoms with E-state index in [1.807, 2.05) is 0 Å². The molecule has 1 aromatic carbocycles. The van der Waals surface area contributed by atoms with Crippen LogP contribution in [0.4, 0.5) is 5.69 Å². The molecule has 2 rings (SSSR count). The van der Waals surface area contributed by atoms with Crippen LogP contribution in [-0.4, -0.2) is 39.9 Å². The molecule has 1 saturated heterocycles. The van der Waals surface area contributed by atoms with Crippen molar-refractivity contribution in [1.82, 2.24) is 4.90 Å². The number of nitro benzene ring substituents is 1. The molecule has 2 atom stereocenters. The van der Waals surface area contributed by atoms with Crippen LogP contribution in [0.1, 0.15) is 29.3 Å². The Kier molecular flexibility index (Phi) is 4.44. The Morgan fingerprint density at radius 3 is 2.64 bits per heavy atom. The zero-order valence-corrected chi connectivity index (χ0v) is 12.5. The van der Waals surface area contributed by atoms with Gasteiger partial charge in [-0.3, -0.25) is 19.7 Å². The predicted octanol–water partition coefficient (Wildman–Crippen LogP) is 2.09. The van der Waals surface area contributed by atoms with Crippen LogP contribution in [0, 0.1) is 28.9 Å². The van der Waals surface area contributed by atoms with E-state index in [0.29, 0.717) is 25.1 Å². The third-order valence-corrected chi connectivity index (χ3v) is 4.16. The average Bonchev–Trinajstić information content (AvgIpc) is 2.46. The normalized spacial score (nSPS) is 21.5. The number of benzene rings is 1. The average molecular weight is 306 g/mol. The lowest BCUT2D eigenvalue weighted by atomic mass is 9.87. The number of carboxylic acids is 1. The highest BCUT2D eigenvalue weighted by atomic mass is 16.6. The second-order valence-corrected chi connectivity index (χ2v) is 5.72. The molecule has 1 fully saturated rings. The molecule has 7 nitrogen and oxygen atoms in total. The highest BCUT2D eigenvalue weighted by Crippen LogP contribution is 2.26. The van der Waals surface area contributed by atoms with Crippen molar-refractivity contribution in [2.24, 2.45) is 11.8 Å². The monoisotopic (exact) mass is 306 g/mol. The van der Waals surface area contributed by atoms with Crippen molar-refractivity contribution in [1.29, 1.82) is 0 Å². The first-order valence-corrected chi connectivity index (χ1v) is 7.08. The molecule has 0 bridgehead atoms. The van der Waals surface area contributed by atoms with Crippen molar-refractivity contribution in [2.75, 3.05) is 13.1 Å². The van der Waals surface area contributed by atoms with Crippen molar-refractivity contribution in [2.45, 2.75) is 20.3 Å². The lowest BCUT2D eigenvalue weighted by Gasteiger charge is -2.35. The summed E-state index contributed by atoms with van der Waals surface area (Å²) in [5, 5.41) is 20.1. The lowest BCUT2D eigenvalue weighted by molar-refractivity contribution is -0.385. The fourth-order valence-electron chi connectivity index (χ4n) is 2.82. The maximum absolute atomic E-state index is 12.5. The topological polar surface area (TPSA) is 101 Å². The standard InChI is InChI=1S/C15H18N2O5/c1-9-3-4-11(7-13(9)17(21)22)14(18)16-6-5-12(15(19)20)10(2)8-16/h3-4,7,10,12H,5-6,8H2,1-2H3,(H,19,20). The number of carboxylic acid groups (broad SMARTS) is 1. The molecule has 1 amide bonds. The van der Waals surface area contributed by atoms with Crippen LogP contribution in [0.25, 0.3) is 0 Å². The molecule has 0 aromatic heterocycles. The smallest absolute Gasteiger partial charge is 0.306 e. The van der Waals surface area contributed by atoms with Gasteiger partial charge < -0.3 is 10.0 Å². The van der Waals surface area contributed by atoms with E-state index in [1.54, 1.807) is 30.9 Å². The maximum atomic E-state index is 12.5. The molecule has 7 heteroatoms. The van der Waals surface area contributed by atoms with E-state index in [0.717, 1.165) is 0 Å². The molecule has 0 aliphatic carbocycles. The third-order valence-electron chi connectivity index (χ3n) is 4.16. The second-order valence-electron chi connectivity index (χ2n) is 5.72. The fourth-order valence-corrected chi connectivity index (χ4v) is 2.82. The van der Waals surface area contributed by atoms with Gasteiger partial charge in [0.2, 0.25) is 0 Å². The Morgan fingerprint density at radius 1 is 1.41 bits per heavy atom. The van der Waals surface area contributed by atoms with Crippen molar-refractivity contribution in [3.63, 3.8) is 0 Å². The Hall–Kier alpha value is -2.44. The molecular weight excluding hydrogens is 288 g/mol. The summed E-state index contributed by atoms with van der Waals surface area (Å²) in [4.78, 5) is 35.6. The van der Waals surface area contributed by atoms with Crippen molar-refractivity contribution in [3.05, 3.63) is 39.4 Å². The number of aliphatic carboxylic acids is 1. The number of likely N-dealkylation sites (tertiary alicyclic amines) is 1. The first kappa shape index (κ1) is 15.9. The van der Waals surface area contributed by atoms with E-state index >= 15 is 0 Å². The number of rotatable bonds is 3. The Morgan fingerprint density at radius 2 is 2.09 bits per heavy atom. The van der Waals surface area contributed by atoms with E-state index in [2.05, 4.69) is 0 Å². The van der Waals surface area contributed by atoms with Crippen LogP contribution in [-0.2, 0) is 4.79 Å². The van der Waals surface area contributed by atoms with Gasteiger partial charge >= 0.3 is 5.97 Å². The van der Waals surface area contributed by atoms with Gasteiger partial charge in [0.1, 0.15) is 0 Å². The van der Waals surface area contributed by atoms with Gasteiger partial charge in [-0.25, -0.2) is 0 Å². The quantitative estimate of drug-likeness (QED) is 0.680. The Bertz CT molecular complexity index is 628. The minimum atomic E-state index is -0.842. The lowest BCUT2D eigenvalue weighted by Crippen LogP contribution is -2.45. The second kappa shape index (κ2) is 6.13. The first-order chi connectivity index (χ1) is 10.3. The van der Waals surface area contributed by atoms with Crippen LogP contribution in [0.5, 0.6) is 0 Å². The zero-order chi connectivity index (χ0) is 16.4. The summed E-state index contributed by atoms with van der Waals surface area (Å²) in [6, 6.07) is 4.41. The summed E-state index contributed by atoms with van der Waals surface area (Å²) < 4.78 is 0. The highest BCUT2D eigenvalue weighted by molar-refractivity contribution is 5.95. The number of hydrogen-bond acceptors (Lipinski definition) is 4. The van der Waals surface area contributed by atoms with Gasteiger partial charge in [0.05, 0.1) is 10.8 Å². The van der Waals surface area contributed by atoms with Gasteiger partial charge in [-0.2, -0.15) is 0 Å². The molecule has 1 aromatic rings. The van der Waals surface area contributed by atoms with Gasteiger partial charge in [-0.05, 0) is 25.3 Å². The molecular formula is C15H18N2O5. The Labute approximate surface area is 127 Å². The molecule has 1 heterocycles. The maximum Gasteiger partial charge on any atom is 0.306 e. The third kappa shape index (κ3) is 3.08. The summed E-state index contributed by atoms with van der Waals surface area (Å²) in [6.45, 7) is 4.11. The summed E-state index contributed by atoms with van der Waals surface area (Å²) in [5.41, 5.74) is 0.678. The highest BCUT2D eigenvalue weighted by Gasteiger charge is 2.33. The summed E-state index contributed by atoms with van der Waals surface area (Å²) in [5.74, 6) is -1.73. The molecule has 0 saturated carbocycles. The number of amides is 1. The number of piperidine rings is 1. The van der Waals surface area contributed by atoms with Crippen molar-refractivity contribution >= 4 is 17.6 Å². The number of carbonyl (C=O) groups is 2. The van der Waals surface area contributed by atoms with Crippen LogP contribution < -0.4 is 0 Å². The summed E-state index contributed by atoms with van der Waals surface area (Å²) >= 11 is 0. The molecule has 0 radical (unpaired) electrons. The predicted molar refractivity (Wildman–Crippen MR) is 78.6 cm³/mol. The SMILES string of the molecule is Cc1ccc(C(=O)N2CCC(C(=O)O)C(C)C2)cc1[N+](=O)[O-]. The Balaban J connectivity index is 2.18. The van der Waals surface area contributed by atoms with E-state index < -0.39 is 16.8 Å². The minimum absolute atomic E-state index is 0.0840. The number of nitrogens with zero attached hydrogens (tertiary/aromatic N) is 2. The zero-order valence-electron chi connectivity index (χ0n) is 12.5. The number of hydrogen-bond donors (Lipinski definition) is 1. The molecule has 2 unspecified atom stereocenters. The molecule has 0 spiro atoms. The van der Waals surface area contributed by atoms with Gasteiger partial charge in [-0.15, -0.1) is 0 Å². The molecule has 1 aliphatic rings. The molecule has 1 aliphatic heterocycles. The number of nitro groups is 1. The molecule has 118 valence electrons. The van der Waals surface area contributed by atoms with E-state index in [-0.39, 0.29) is 23.1 Å². The summed E-state index contributed by atoms with van der Waals surface area (Å²) in [7, 11) is 0. The van der Waals surface area contributed by atoms with Crippen molar-refractivity contribution in [3.8, 4) is 0 Å². The van der Waals surface area contributed by atoms with Gasteiger partial charge in [-0.1, -0.05) is 13.0 Å². The van der Waals surface area contributed by atoms with Crippen LogP contribution in [0.15, 0.2) is 18.2 Å². The molecule has 1 N–H and O–H groups in total. The van der Waals surface area contributed by atoms with Crippen LogP contribution in [0.3, 0.4) is 0 Å². The first-order valence-electron chi connectivity index (χ1n) is 7.08. The van der Waals surface area contributed by atoms with E-state index in [4.69, 9.17) is 5.11 Å². The van der Waals surface area contributed by atoms with E-state index in [9.17, 15) is 19.7 Å². The summed E-state index contributed by atoms with van der Waals surface area (Å²) in [6.07, 6.45) is 0.399. The number of carbonyl (C=O) groups excluding carboxylic acids is 1. The van der Waals surface area contributed by atoms with Gasteiger partial charge in [0.15, 0.2) is 0 Å². The fraction of sp³-hybridized carbons (Fsp3) is 0.467. The largest absolute Gasteiger partial charge is 0.481 e. The van der Waals surface area contributed by atoms with E-state index in [1.165, 1.54) is 6.07 Å². The van der Waals surface area contributed by atoms with Crippen LogP contribution >= 0.6 is 0 Å². The van der Waals surface area contributed by atoms with Crippen molar-refractivity contribution < 1.29 is 19.6 Å². The number of aryl methyl sites for hydroxylation is 1. The van der Waals surface area contributed by atoms with Gasteiger partial charge in [0.25, 0.3) is 11.6 Å². The van der Waals surface area contributed by atoms with Gasteiger partial charge in [0, 0.05) is 30.3 Å². The minimum Gasteiger partial charge on any atom is -0.481 e.